The fourth-order valence-electron chi connectivity index (χ4n) is 3.01. The van der Waals surface area contributed by atoms with E-state index in [1.807, 2.05) is 12.1 Å². The zero-order valence-electron chi connectivity index (χ0n) is 16.3. The Morgan fingerprint density at radius 2 is 1.83 bits per heavy atom. The van der Waals surface area contributed by atoms with E-state index in [1.54, 1.807) is 12.4 Å². The lowest BCUT2D eigenvalue weighted by molar-refractivity contribution is 0.0760. The van der Waals surface area contributed by atoms with E-state index in [2.05, 4.69) is 23.4 Å². The summed E-state index contributed by atoms with van der Waals surface area (Å²) in [5, 5.41) is 9.69. The molecule has 5 nitrogen and oxygen atoms in total. The van der Waals surface area contributed by atoms with Crippen molar-refractivity contribution >= 4 is 11.8 Å². The molecular formula is C21H23F2N3O2S. The van der Waals surface area contributed by atoms with Crippen molar-refractivity contribution in [1.82, 2.24) is 14.5 Å². The van der Waals surface area contributed by atoms with Crippen molar-refractivity contribution in [2.45, 2.75) is 42.8 Å². The first-order valence-electron chi connectivity index (χ1n) is 9.28. The van der Waals surface area contributed by atoms with Crippen LogP contribution in [0.4, 0.5) is 8.78 Å². The van der Waals surface area contributed by atoms with Crippen LogP contribution in [0.15, 0.2) is 52.6 Å². The van der Waals surface area contributed by atoms with E-state index in [0.29, 0.717) is 22.3 Å². The summed E-state index contributed by atoms with van der Waals surface area (Å²) in [4.78, 5) is 9.21. The Balaban J connectivity index is 2.01. The van der Waals surface area contributed by atoms with Crippen molar-refractivity contribution in [2.75, 3.05) is 13.2 Å². The third-order valence-electron chi connectivity index (χ3n) is 4.21. The maximum absolute atomic E-state index is 13.6. The summed E-state index contributed by atoms with van der Waals surface area (Å²) in [6, 6.07) is 7.29. The molecule has 0 atom stereocenters. The Kier molecular flexibility index (Phi) is 7.35. The van der Waals surface area contributed by atoms with Crippen LogP contribution < -0.4 is 0 Å². The van der Waals surface area contributed by atoms with Crippen LogP contribution in [0.3, 0.4) is 0 Å². The second-order valence-corrected chi connectivity index (χ2v) is 7.86. The van der Waals surface area contributed by atoms with E-state index >= 15 is 0 Å². The van der Waals surface area contributed by atoms with Gasteiger partial charge < -0.3 is 14.4 Å². The van der Waals surface area contributed by atoms with Crippen molar-refractivity contribution in [3.05, 3.63) is 71.4 Å². The Hall–Kier alpha value is -2.29. The molecule has 0 radical (unpaired) electrons. The summed E-state index contributed by atoms with van der Waals surface area (Å²) in [5.74, 6) is -0.433. The van der Waals surface area contributed by atoms with Crippen molar-refractivity contribution in [2.24, 2.45) is 0 Å². The standard InChI is InChI=1S/C21H23F2N3O2S/c1-14(2)20-21(29-18-10-16(22)9-17(23)11-18)25-19(13-28-8-7-27)26(20)12-15-3-5-24-6-4-15/h3-6,9-11,14,27H,7-8,12-13H2,1-2H3. The molecule has 0 aliphatic rings. The lowest BCUT2D eigenvalue weighted by Gasteiger charge is -2.15. The van der Waals surface area contributed by atoms with Gasteiger partial charge in [0.05, 0.1) is 18.9 Å². The van der Waals surface area contributed by atoms with Gasteiger partial charge in [0.1, 0.15) is 29.1 Å². The molecule has 0 aliphatic heterocycles. The molecular weight excluding hydrogens is 396 g/mol. The summed E-state index contributed by atoms with van der Waals surface area (Å²) in [6.45, 7) is 5.02. The molecule has 0 saturated carbocycles. The van der Waals surface area contributed by atoms with E-state index < -0.39 is 11.6 Å². The van der Waals surface area contributed by atoms with Crippen molar-refractivity contribution in [3.63, 3.8) is 0 Å². The predicted molar refractivity (Wildman–Crippen MR) is 107 cm³/mol. The molecule has 3 aromatic rings. The molecule has 0 fully saturated rings. The molecule has 2 aromatic heterocycles. The van der Waals surface area contributed by atoms with E-state index in [4.69, 9.17) is 14.8 Å². The van der Waals surface area contributed by atoms with Crippen molar-refractivity contribution < 1.29 is 18.6 Å². The van der Waals surface area contributed by atoms with Crippen molar-refractivity contribution in [1.29, 1.82) is 0 Å². The van der Waals surface area contributed by atoms with Gasteiger partial charge >= 0.3 is 0 Å². The average molecular weight is 419 g/mol. The summed E-state index contributed by atoms with van der Waals surface area (Å²) >= 11 is 1.23. The SMILES string of the molecule is CC(C)c1c(Sc2cc(F)cc(F)c2)nc(COCCO)n1Cc1ccncc1. The molecule has 1 N–H and O–H groups in total. The largest absolute Gasteiger partial charge is 0.394 e. The van der Waals surface area contributed by atoms with Gasteiger partial charge in [0.25, 0.3) is 0 Å². The molecule has 2 heterocycles. The fourth-order valence-corrected chi connectivity index (χ4v) is 4.18. The minimum absolute atomic E-state index is 0.0771. The van der Waals surface area contributed by atoms with Crippen LogP contribution >= 0.6 is 11.8 Å². The van der Waals surface area contributed by atoms with Crippen LogP contribution in [-0.2, 0) is 17.9 Å². The van der Waals surface area contributed by atoms with Gasteiger partial charge in [-0.3, -0.25) is 4.98 Å². The highest BCUT2D eigenvalue weighted by Gasteiger charge is 2.21. The van der Waals surface area contributed by atoms with Crippen molar-refractivity contribution in [3.8, 4) is 0 Å². The Labute approximate surface area is 172 Å². The molecule has 1 aromatic carbocycles. The van der Waals surface area contributed by atoms with Gasteiger partial charge in [0.15, 0.2) is 0 Å². The summed E-state index contributed by atoms with van der Waals surface area (Å²) in [7, 11) is 0. The molecule has 8 heteroatoms. The number of aromatic nitrogens is 3. The van der Waals surface area contributed by atoms with Crippen LogP contribution in [0.5, 0.6) is 0 Å². The molecule has 3 rings (SSSR count). The maximum Gasteiger partial charge on any atom is 0.136 e. The van der Waals surface area contributed by atoms with Gasteiger partial charge in [-0.25, -0.2) is 13.8 Å². The first-order chi connectivity index (χ1) is 14.0. The second-order valence-electron chi connectivity index (χ2n) is 6.80. The number of halogens is 2. The molecule has 0 spiro atoms. The molecule has 29 heavy (non-hydrogen) atoms. The summed E-state index contributed by atoms with van der Waals surface area (Å²) in [6.07, 6.45) is 3.46. The topological polar surface area (TPSA) is 60.2 Å². The molecule has 0 amide bonds. The van der Waals surface area contributed by atoms with Gasteiger partial charge in [-0.1, -0.05) is 25.6 Å². The van der Waals surface area contributed by atoms with E-state index in [1.165, 1.54) is 23.9 Å². The van der Waals surface area contributed by atoms with Crippen LogP contribution in [0, 0.1) is 11.6 Å². The van der Waals surface area contributed by atoms with Gasteiger partial charge in [0.2, 0.25) is 0 Å². The van der Waals surface area contributed by atoms with Gasteiger partial charge in [-0.05, 0) is 35.7 Å². The Morgan fingerprint density at radius 1 is 1.14 bits per heavy atom. The minimum atomic E-state index is -0.624. The molecule has 0 aliphatic carbocycles. The minimum Gasteiger partial charge on any atom is -0.394 e. The van der Waals surface area contributed by atoms with Crippen LogP contribution in [0.1, 0.15) is 36.8 Å². The van der Waals surface area contributed by atoms with Gasteiger partial charge in [-0.2, -0.15) is 0 Å². The smallest absolute Gasteiger partial charge is 0.136 e. The first-order valence-corrected chi connectivity index (χ1v) is 10.1. The number of aliphatic hydroxyl groups excluding tert-OH is 1. The molecule has 0 bridgehead atoms. The Morgan fingerprint density at radius 3 is 2.45 bits per heavy atom. The number of benzene rings is 1. The van der Waals surface area contributed by atoms with Gasteiger partial charge in [0, 0.05) is 29.9 Å². The highest BCUT2D eigenvalue weighted by molar-refractivity contribution is 7.99. The number of aliphatic hydroxyl groups is 1. The zero-order chi connectivity index (χ0) is 20.8. The first kappa shape index (κ1) is 21.4. The number of rotatable bonds is 9. The summed E-state index contributed by atoms with van der Waals surface area (Å²) < 4.78 is 34.9. The lowest BCUT2D eigenvalue weighted by atomic mass is 10.1. The predicted octanol–water partition coefficient (Wildman–Crippen LogP) is 4.39. The third kappa shape index (κ3) is 5.62. The molecule has 154 valence electrons. The number of hydrogen-bond donors (Lipinski definition) is 1. The monoisotopic (exact) mass is 419 g/mol. The zero-order valence-corrected chi connectivity index (χ0v) is 17.1. The fraction of sp³-hybridized carbons (Fsp3) is 0.333. The number of hydrogen-bond acceptors (Lipinski definition) is 5. The van der Waals surface area contributed by atoms with E-state index in [9.17, 15) is 8.78 Å². The van der Waals surface area contributed by atoms with Crippen LogP contribution in [0.25, 0.3) is 0 Å². The van der Waals surface area contributed by atoms with E-state index in [0.717, 1.165) is 17.3 Å². The molecule has 0 saturated heterocycles. The van der Waals surface area contributed by atoms with Crippen LogP contribution in [-0.4, -0.2) is 32.9 Å². The Bertz CT molecular complexity index is 928. The maximum atomic E-state index is 13.6. The normalized spacial score (nSPS) is 11.4. The van der Waals surface area contributed by atoms with Gasteiger partial charge in [-0.15, -0.1) is 0 Å². The third-order valence-corrected chi connectivity index (χ3v) is 5.17. The lowest BCUT2D eigenvalue weighted by Crippen LogP contribution is -2.12. The number of nitrogens with zero attached hydrogens (tertiary/aromatic N) is 3. The summed E-state index contributed by atoms with van der Waals surface area (Å²) in [5.41, 5.74) is 2.01. The van der Waals surface area contributed by atoms with Crippen LogP contribution in [0.2, 0.25) is 0 Å². The number of imidazole rings is 1. The average Bonchev–Trinajstić information content (AvgIpc) is 2.99. The quantitative estimate of drug-likeness (QED) is 0.522. The molecule has 0 unspecified atom stereocenters. The number of pyridine rings is 1. The highest BCUT2D eigenvalue weighted by atomic mass is 32.2. The van der Waals surface area contributed by atoms with E-state index in [-0.39, 0.29) is 25.7 Å². The second kappa shape index (κ2) is 9.96. The number of ether oxygens (including phenoxy) is 1. The highest BCUT2D eigenvalue weighted by Crippen LogP contribution is 2.35.